The maximum absolute atomic E-state index is 5.01. The first-order valence-corrected chi connectivity index (χ1v) is 20.7. The van der Waals surface area contributed by atoms with Crippen molar-refractivity contribution in [1.82, 2.24) is 19.9 Å². The average Bonchev–Trinajstić information content (AvgIpc) is 3.82. The van der Waals surface area contributed by atoms with Gasteiger partial charge in [0, 0.05) is 28.5 Å². The molecule has 61 heavy (non-hydrogen) atoms. The van der Waals surface area contributed by atoms with Crippen LogP contribution in [0.5, 0.6) is 0 Å². The van der Waals surface area contributed by atoms with Crippen molar-refractivity contribution in [3.63, 3.8) is 0 Å². The van der Waals surface area contributed by atoms with Crippen molar-refractivity contribution in [1.29, 1.82) is 0 Å². The van der Waals surface area contributed by atoms with Crippen LogP contribution in [0.3, 0.4) is 0 Å². The molecule has 0 N–H and O–H groups in total. The van der Waals surface area contributed by atoms with E-state index in [2.05, 4.69) is 152 Å². The van der Waals surface area contributed by atoms with Gasteiger partial charge >= 0.3 is 0 Å². The highest BCUT2D eigenvalue weighted by molar-refractivity contribution is 6.00. The van der Waals surface area contributed by atoms with E-state index in [0.717, 1.165) is 39.1 Å². The Morgan fingerprint density at radius 1 is 0.279 bits per heavy atom. The summed E-state index contributed by atoms with van der Waals surface area (Å²) in [4.78, 5) is 19.7. The minimum absolute atomic E-state index is 0.375. The van der Waals surface area contributed by atoms with Gasteiger partial charge in [0.15, 0.2) is 17.5 Å². The van der Waals surface area contributed by atoms with Gasteiger partial charge in [0.2, 0.25) is 0 Å². The second-order valence-corrected chi connectivity index (χ2v) is 15.7. The van der Waals surface area contributed by atoms with Gasteiger partial charge in [0.05, 0.1) is 11.1 Å². The summed E-state index contributed by atoms with van der Waals surface area (Å²) in [6.45, 7) is 0. The quantitative estimate of drug-likeness (QED) is 0.169. The zero-order valence-electron chi connectivity index (χ0n) is 33.1. The van der Waals surface area contributed by atoms with Crippen LogP contribution in [0, 0.1) is 0 Å². The summed E-state index contributed by atoms with van der Waals surface area (Å²) in [6, 6.07) is 75.7. The number of hydrogen-bond donors (Lipinski definition) is 0. The molecule has 0 saturated heterocycles. The van der Waals surface area contributed by atoms with Gasteiger partial charge < -0.3 is 0 Å². The Balaban J connectivity index is 0.926. The number of hydrogen-bond acceptors (Lipinski definition) is 4. The summed E-state index contributed by atoms with van der Waals surface area (Å²) < 4.78 is 0. The van der Waals surface area contributed by atoms with Gasteiger partial charge in [-0.1, -0.05) is 194 Å². The number of nitrogens with zero attached hydrogens (tertiary/aromatic N) is 4. The van der Waals surface area contributed by atoms with E-state index in [1.165, 1.54) is 55.6 Å². The molecule has 2 aliphatic rings. The van der Waals surface area contributed by atoms with Crippen molar-refractivity contribution in [3.8, 4) is 89.9 Å². The Kier molecular flexibility index (Phi) is 8.04. The van der Waals surface area contributed by atoms with Gasteiger partial charge in [-0.05, 0) is 85.0 Å². The minimum atomic E-state index is -0.375. The molecule has 284 valence electrons. The Bertz CT molecular complexity index is 3240. The number of rotatable bonds is 6. The molecule has 0 bridgehead atoms. The molecule has 0 radical (unpaired) electrons. The van der Waals surface area contributed by atoms with Gasteiger partial charge in [-0.25, -0.2) is 15.0 Å². The fourth-order valence-corrected chi connectivity index (χ4v) is 9.72. The second kappa shape index (κ2) is 14.0. The molecule has 4 heteroatoms. The van der Waals surface area contributed by atoms with E-state index in [-0.39, 0.29) is 5.41 Å². The zero-order chi connectivity index (χ0) is 40.3. The molecule has 0 saturated carbocycles. The summed E-state index contributed by atoms with van der Waals surface area (Å²) in [5.41, 5.74) is 19.6. The lowest BCUT2D eigenvalue weighted by atomic mass is 9.70. The van der Waals surface area contributed by atoms with Gasteiger partial charge in [0.25, 0.3) is 0 Å². The highest BCUT2D eigenvalue weighted by Crippen LogP contribution is 2.63. The lowest BCUT2D eigenvalue weighted by Crippen LogP contribution is -2.25. The minimum Gasteiger partial charge on any atom is -0.255 e. The van der Waals surface area contributed by atoms with Crippen LogP contribution in [-0.2, 0) is 5.41 Å². The molecule has 0 amide bonds. The number of benzene rings is 8. The third kappa shape index (κ3) is 5.53. The van der Waals surface area contributed by atoms with Crippen LogP contribution in [0.2, 0.25) is 0 Å². The fourth-order valence-electron chi connectivity index (χ4n) is 9.72. The van der Waals surface area contributed by atoms with E-state index in [0.29, 0.717) is 17.5 Å². The number of pyridine rings is 1. The Hall–Kier alpha value is -8.08. The molecule has 10 aromatic rings. The van der Waals surface area contributed by atoms with Crippen LogP contribution in [0.25, 0.3) is 89.9 Å². The van der Waals surface area contributed by atoms with E-state index in [9.17, 15) is 0 Å². The van der Waals surface area contributed by atoms with E-state index in [1.54, 1.807) is 0 Å². The van der Waals surface area contributed by atoms with Crippen molar-refractivity contribution in [2.45, 2.75) is 5.41 Å². The lowest BCUT2D eigenvalue weighted by Gasteiger charge is -2.30. The molecule has 1 spiro atoms. The molecule has 2 aliphatic carbocycles. The van der Waals surface area contributed by atoms with Gasteiger partial charge in [-0.2, -0.15) is 0 Å². The molecule has 8 aromatic carbocycles. The number of fused-ring (bicyclic) bond motifs is 10. The SMILES string of the molecule is c1ccc(-c2ccc(-c3nc(-c4ccccc4)nc(-c4ccc(-c5cccc(-c6cccc7c6-c6ccccc6C76c7ccccc7-c7ccccc76)c5)cc4)n3)cn2)cc1. The average molecular weight is 777 g/mol. The largest absolute Gasteiger partial charge is 0.255 e. The molecule has 0 atom stereocenters. The summed E-state index contributed by atoms with van der Waals surface area (Å²) in [5.74, 6) is 1.81. The van der Waals surface area contributed by atoms with Crippen molar-refractivity contribution < 1.29 is 0 Å². The second-order valence-electron chi connectivity index (χ2n) is 15.7. The van der Waals surface area contributed by atoms with Crippen LogP contribution in [0.4, 0.5) is 0 Å². The van der Waals surface area contributed by atoms with Gasteiger partial charge in [-0.3, -0.25) is 4.98 Å². The molecule has 0 aliphatic heterocycles. The first kappa shape index (κ1) is 34.9. The van der Waals surface area contributed by atoms with Crippen molar-refractivity contribution in [2.24, 2.45) is 0 Å². The third-order valence-corrected chi connectivity index (χ3v) is 12.4. The van der Waals surface area contributed by atoms with Crippen LogP contribution in [0.1, 0.15) is 22.3 Å². The van der Waals surface area contributed by atoms with E-state index in [4.69, 9.17) is 19.9 Å². The summed E-state index contributed by atoms with van der Waals surface area (Å²) >= 11 is 0. The molecule has 2 heterocycles. The normalized spacial score (nSPS) is 12.7. The first-order chi connectivity index (χ1) is 30.2. The zero-order valence-corrected chi connectivity index (χ0v) is 33.1. The van der Waals surface area contributed by atoms with E-state index < -0.39 is 0 Å². The molecular formula is C57H36N4. The molecule has 0 unspecified atom stereocenters. The smallest absolute Gasteiger partial charge is 0.165 e. The number of aromatic nitrogens is 4. The van der Waals surface area contributed by atoms with E-state index in [1.807, 2.05) is 66.9 Å². The summed E-state index contributed by atoms with van der Waals surface area (Å²) in [6.07, 6.45) is 1.85. The topological polar surface area (TPSA) is 51.6 Å². The standard InChI is InChI=1S/C57H36N4/c1-3-15-38(16-4-1)52-34-33-43(36-58-52)56-60-54(39-17-5-2-6-18-39)59-55(61-56)40-31-29-37(30-32-40)41-19-13-20-42(35-41)44-24-14-28-51-53(44)47-23-9-12-27-50(47)57(51)48-25-10-7-21-45(48)46-22-8-11-26-49(46)57/h1-36H. The molecule has 12 rings (SSSR count). The van der Waals surface area contributed by atoms with Gasteiger partial charge in [0.1, 0.15) is 0 Å². The maximum Gasteiger partial charge on any atom is 0.165 e. The molecular weight excluding hydrogens is 741 g/mol. The van der Waals surface area contributed by atoms with Crippen LogP contribution >= 0.6 is 0 Å². The molecule has 2 aromatic heterocycles. The predicted octanol–water partition coefficient (Wildman–Crippen LogP) is 13.6. The summed E-state index contributed by atoms with van der Waals surface area (Å²) in [5, 5.41) is 0. The third-order valence-electron chi connectivity index (χ3n) is 12.4. The Morgan fingerprint density at radius 3 is 1.36 bits per heavy atom. The van der Waals surface area contributed by atoms with Crippen LogP contribution in [0.15, 0.2) is 219 Å². The van der Waals surface area contributed by atoms with Gasteiger partial charge in [-0.15, -0.1) is 0 Å². The maximum atomic E-state index is 5.01. The predicted molar refractivity (Wildman–Crippen MR) is 247 cm³/mol. The lowest BCUT2D eigenvalue weighted by molar-refractivity contribution is 0.794. The highest BCUT2D eigenvalue weighted by Gasteiger charge is 2.51. The molecule has 0 fully saturated rings. The first-order valence-electron chi connectivity index (χ1n) is 20.7. The molecule has 4 nitrogen and oxygen atoms in total. The van der Waals surface area contributed by atoms with Crippen LogP contribution < -0.4 is 0 Å². The van der Waals surface area contributed by atoms with Crippen LogP contribution in [-0.4, -0.2) is 19.9 Å². The van der Waals surface area contributed by atoms with Crippen molar-refractivity contribution in [3.05, 3.63) is 241 Å². The monoisotopic (exact) mass is 776 g/mol. The highest BCUT2D eigenvalue weighted by atomic mass is 15.0. The fraction of sp³-hybridized carbons (Fsp3) is 0.0175. The van der Waals surface area contributed by atoms with E-state index >= 15 is 0 Å². The van der Waals surface area contributed by atoms with Crippen molar-refractivity contribution in [2.75, 3.05) is 0 Å². The van der Waals surface area contributed by atoms with Crippen molar-refractivity contribution >= 4 is 0 Å². The Labute approximate surface area is 354 Å². The Morgan fingerprint density at radius 2 is 0.721 bits per heavy atom. The summed E-state index contributed by atoms with van der Waals surface area (Å²) in [7, 11) is 0.